The third-order valence-corrected chi connectivity index (χ3v) is 5.62. The van der Waals surface area contributed by atoms with Crippen LogP contribution >= 0.6 is 0 Å². The molecule has 0 radical (unpaired) electrons. The van der Waals surface area contributed by atoms with Crippen LogP contribution in [0.15, 0.2) is 43.0 Å². The number of imidazole rings is 1. The Hall–Kier alpha value is -2.14. The highest BCUT2D eigenvalue weighted by Gasteiger charge is 2.39. The molecule has 25 heavy (non-hydrogen) atoms. The third-order valence-electron chi connectivity index (χ3n) is 5.62. The van der Waals surface area contributed by atoms with Crippen LogP contribution in [-0.2, 0) is 0 Å². The summed E-state index contributed by atoms with van der Waals surface area (Å²) in [5, 5.41) is 0. The van der Waals surface area contributed by atoms with E-state index in [0.29, 0.717) is 18.1 Å². The van der Waals surface area contributed by atoms with Crippen LogP contribution in [0.3, 0.4) is 0 Å². The zero-order valence-corrected chi connectivity index (χ0v) is 15.0. The van der Waals surface area contributed by atoms with Gasteiger partial charge in [-0.25, -0.2) is 4.98 Å². The fourth-order valence-corrected chi connectivity index (χ4v) is 4.53. The molecule has 1 aromatic carbocycles. The van der Waals surface area contributed by atoms with Crippen LogP contribution in [0.4, 0.5) is 0 Å². The van der Waals surface area contributed by atoms with E-state index in [0.717, 1.165) is 30.8 Å². The topological polar surface area (TPSA) is 41.4 Å². The fourth-order valence-electron chi connectivity index (χ4n) is 4.53. The molecule has 2 aromatic rings. The van der Waals surface area contributed by atoms with Crippen molar-refractivity contribution in [1.29, 1.82) is 0 Å². The number of carbonyl (C=O) groups excluding carboxylic acids is 1. The highest BCUT2D eigenvalue weighted by atomic mass is 16.2. The van der Waals surface area contributed by atoms with Crippen molar-refractivity contribution in [3.05, 3.63) is 48.5 Å². The van der Waals surface area contributed by atoms with Gasteiger partial charge in [-0.2, -0.15) is 0 Å². The number of fused-ring (bicyclic) bond motifs is 2. The first-order chi connectivity index (χ1) is 12.1. The lowest BCUT2D eigenvalue weighted by atomic mass is 10.1. The van der Waals surface area contributed by atoms with E-state index in [1.165, 1.54) is 12.8 Å². The van der Waals surface area contributed by atoms with E-state index in [-0.39, 0.29) is 5.91 Å². The first-order valence-electron chi connectivity index (χ1n) is 9.28. The average molecular weight is 338 g/mol. The molecule has 2 bridgehead atoms. The van der Waals surface area contributed by atoms with Crippen LogP contribution in [0, 0.1) is 0 Å². The van der Waals surface area contributed by atoms with E-state index < -0.39 is 0 Å². The number of hydrogen-bond donors (Lipinski definition) is 0. The molecule has 0 aliphatic carbocycles. The predicted octanol–water partition coefficient (Wildman–Crippen LogP) is 2.96. The number of hydrogen-bond acceptors (Lipinski definition) is 3. The Morgan fingerprint density at radius 3 is 2.80 bits per heavy atom. The van der Waals surface area contributed by atoms with E-state index in [4.69, 9.17) is 0 Å². The van der Waals surface area contributed by atoms with Gasteiger partial charge in [-0.3, -0.25) is 9.69 Å². The number of amides is 1. The van der Waals surface area contributed by atoms with Crippen LogP contribution in [0.5, 0.6) is 0 Å². The van der Waals surface area contributed by atoms with Gasteiger partial charge in [0.2, 0.25) is 0 Å². The molecule has 4 rings (SSSR count). The van der Waals surface area contributed by atoms with Gasteiger partial charge in [0.15, 0.2) is 0 Å². The van der Waals surface area contributed by atoms with Crippen molar-refractivity contribution in [3.8, 4) is 5.69 Å². The normalized spacial score (nSPS) is 23.9. The molecular formula is C20H26N4O. The molecule has 2 atom stereocenters. The minimum atomic E-state index is 0.151. The lowest BCUT2D eigenvalue weighted by Gasteiger charge is -2.32. The lowest BCUT2D eigenvalue weighted by Crippen LogP contribution is -2.44. The Balaban J connectivity index is 1.55. The van der Waals surface area contributed by atoms with Gasteiger partial charge in [0, 0.05) is 54.9 Å². The summed E-state index contributed by atoms with van der Waals surface area (Å²) in [6, 6.07) is 9.54. The van der Waals surface area contributed by atoms with E-state index in [9.17, 15) is 4.79 Å². The molecule has 2 aliphatic heterocycles. The summed E-state index contributed by atoms with van der Waals surface area (Å²) in [5.41, 5.74) is 1.74. The van der Waals surface area contributed by atoms with Crippen LogP contribution in [0.25, 0.3) is 5.69 Å². The maximum Gasteiger partial charge on any atom is 0.253 e. The van der Waals surface area contributed by atoms with Gasteiger partial charge in [-0.05, 0) is 51.3 Å². The molecule has 2 aliphatic rings. The van der Waals surface area contributed by atoms with Crippen molar-refractivity contribution < 1.29 is 4.79 Å². The molecule has 0 N–H and O–H groups in total. The highest BCUT2D eigenvalue weighted by molar-refractivity contribution is 5.94. The fraction of sp³-hybridized carbons (Fsp3) is 0.500. The quantitative estimate of drug-likeness (QED) is 0.864. The number of rotatable bonds is 3. The van der Waals surface area contributed by atoms with Gasteiger partial charge in [0.1, 0.15) is 0 Å². The number of aromatic nitrogens is 2. The third kappa shape index (κ3) is 3.09. The Labute approximate surface area is 149 Å². The summed E-state index contributed by atoms with van der Waals surface area (Å²) in [6.45, 7) is 6.26. The Morgan fingerprint density at radius 2 is 2.04 bits per heavy atom. The SMILES string of the molecule is CC(C)N1[C@H]2CC[C@H]1CN(C(=O)c1cccc(-n3ccnc3)c1)CC2. The molecule has 2 saturated heterocycles. The van der Waals surface area contributed by atoms with E-state index >= 15 is 0 Å². The molecule has 2 fully saturated rings. The van der Waals surface area contributed by atoms with Crippen molar-refractivity contribution >= 4 is 5.91 Å². The number of carbonyl (C=O) groups is 1. The molecule has 1 aromatic heterocycles. The largest absolute Gasteiger partial charge is 0.337 e. The van der Waals surface area contributed by atoms with Crippen LogP contribution < -0.4 is 0 Å². The van der Waals surface area contributed by atoms with Crippen molar-refractivity contribution in [1.82, 2.24) is 19.4 Å². The zero-order valence-electron chi connectivity index (χ0n) is 15.0. The second-order valence-corrected chi connectivity index (χ2v) is 7.49. The zero-order chi connectivity index (χ0) is 17.4. The summed E-state index contributed by atoms with van der Waals surface area (Å²) in [7, 11) is 0. The summed E-state index contributed by atoms with van der Waals surface area (Å²) in [5.74, 6) is 0.151. The number of likely N-dealkylation sites (tertiary alicyclic amines) is 1. The minimum Gasteiger partial charge on any atom is -0.337 e. The first kappa shape index (κ1) is 16.3. The Morgan fingerprint density at radius 1 is 1.20 bits per heavy atom. The smallest absolute Gasteiger partial charge is 0.253 e. The molecular weight excluding hydrogens is 312 g/mol. The standard InChI is InChI=1S/C20H26N4O/c1-15(2)24-17-6-7-19(24)13-22(10-8-17)20(25)16-4-3-5-18(12-16)23-11-9-21-14-23/h3-5,9,11-12,14-15,17,19H,6-8,10,13H2,1-2H3/t17-,19-/m0/s1. The molecule has 132 valence electrons. The lowest BCUT2D eigenvalue weighted by molar-refractivity contribution is 0.0728. The molecule has 0 saturated carbocycles. The van der Waals surface area contributed by atoms with Crippen molar-refractivity contribution in [2.75, 3.05) is 13.1 Å². The van der Waals surface area contributed by atoms with Crippen molar-refractivity contribution in [3.63, 3.8) is 0 Å². The summed E-state index contributed by atoms with van der Waals surface area (Å²) in [6.07, 6.45) is 8.98. The van der Waals surface area contributed by atoms with Crippen molar-refractivity contribution in [2.45, 2.75) is 51.2 Å². The maximum absolute atomic E-state index is 13.1. The number of nitrogens with zero attached hydrogens (tertiary/aromatic N) is 4. The predicted molar refractivity (Wildman–Crippen MR) is 97.9 cm³/mol. The molecule has 3 heterocycles. The van der Waals surface area contributed by atoms with Gasteiger partial charge in [-0.15, -0.1) is 0 Å². The molecule has 0 spiro atoms. The van der Waals surface area contributed by atoms with Gasteiger partial charge in [0.25, 0.3) is 5.91 Å². The molecule has 1 amide bonds. The van der Waals surface area contributed by atoms with E-state index in [1.807, 2.05) is 35.0 Å². The van der Waals surface area contributed by atoms with Crippen LogP contribution in [-0.4, -0.2) is 56.5 Å². The van der Waals surface area contributed by atoms with Gasteiger partial charge in [0.05, 0.1) is 6.33 Å². The Kier molecular flexibility index (Phi) is 4.34. The minimum absolute atomic E-state index is 0.151. The van der Waals surface area contributed by atoms with Gasteiger partial charge in [-0.1, -0.05) is 6.07 Å². The van der Waals surface area contributed by atoms with Crippen LogP contribution in [0.1, 0.15) is 43.5 Å². The van der Waals surface area contributed by atoms with E-state index in [1.54, 1.807) is 12.5 Å². The van der Waals surface area contributed by atoms with Gasteiger partial charge < -0.3 is 9.47 Å². The van der Waals surface area contributed by atoms with Crippen LogP contribution in [0.2, 0.25) is 0 Å². The first-order valence-corrected chi connectivity index (χ1v) is 9.28. The molecule has 5 nitrogen and oxygen atoms in total. The maximum atomic E-state index is 13.1. The van der Waals surface area contributed by atoms with Crippen molar-refractivity contribution in [2.24, 2.45) is 0 Å². The second kappa shape index (κ2) is 6.64. The highest BCUT2D eigenvalue weighted by Crippen LogP contribution is 2.32. The Bertz CT molecular complexity index is 740. The second-order valence-electron chi connectivity index (χ2n) is 7.49. The average Bonchev–Trinajstić information content (AvgIpc) is 3.22. The molecule has 5 heteroatoms. The van der Waals surface area contributed by atoms with E-state index in [2.05, 4.69) is 28.6 Å². The monoisotopic (exact) mass is 338 g/mol. The van der Waals surface area contributed by atoms with Gasteiger partial charge >= 0.3 is 0 Å². The molecule has 0 unspecified atom stereocenters. The summed E-state index contributed by atoms with van der Waals surface area (Å²) < 4.78 is 1.93. The summed E-state index contributed by atoms with van der Waals surface area (Å²) in [4.78, 5) is 21.9. The number of benzene rings is 1. The summed E-state index contributed by atoms with van der Waals surface area (Å²) >= 11 is 0.